The second-order valence-corrected chi connectivity index (χ2v) is 4.70. The summed E-state index contributed by atoms with van der Waals surface area (Å²) in [4.78, 5) is 8.91. The molecule has 1 radical (unpaired) electrons. The van der Waals surface area contributed by atoms with Crippen LogP contribution in [-0.2, 0) is 0 Å². The van der Waals surface area contributed by atoms with Gasteiger partial charge in [0.1, 0.15) is 0 Å². The highest BCUT2D eigenvalue weighted by Gasteiger charge is 2.08. The van der Waals surface area contributed by atoms with Crippen LogP contribution in [0.15, 0.2) is 67.1 Å². The first-order valence-corrected chi connectivity index (χ1v) is 6.52. The lowest BCUT2D eigenvalue weighted by Crippen LogP contribution is -1.88. The number of benzene rings is 2. The van der Waals surface area contributed by atoms with Gasteiger partial charge in [0.05, 0.1) is 5.69 Å². The Hall–Kier alpha value is -2.74. The first-order chi connectivity index (χ1) is 9.93. The Morgan fingerprint density at radius 2 is 1.75 bits per heavy atom. The molecular formula is C18H11N2. The van der Waals surface area contributed by atoms with Crippen molar-refractivity contribution in [3.8, 4) is 11.3 Å². The highest BCUT2D eigenvalue weighted by atomic mass is 14.7. The fourth-order valence-electron chi connectivity index (χ4n) is 2.57. The number of hydrogen-bond acceptors (Lipinski definition) is 2. The number of nitrogens with zero attached hydrogens (tertiary/aromatic N) is 2. The average molecular weight is 255 g/mol. The third kappa shape index (κ3) is 1.66. The molecule has 0 fully saturated rings. The van der Waals surface area contributed by atoms with Crippen LogP contribution in [0.4, 0.5) is 0 Å². The van der Waals surface area contributed by atoms with Crippen LogP contribution in [0.2, 0.25) is 0 Å². The molecule has 0 amide bonds. The lowest BCUT2D eigenvalue weighted by atomic mass is 10.0. The molecule has 0 aliphatic carbocycles. The van der Waals surface area contributed by atoms with E-state index in [-0.39, 0.29) is 0 Å². The highest BCUT2D eigenvalue weighted by Crippen LogP contribution is 2.30. The Morgan fingerprint density at radius 1 is 0.850 bits per heavy atom. The van der Waals surface area contributed by atoms with Crippen LogP contribution < -0.4 is 0 Å². The van der Waals surface area contributed by atoms with E-state index in [4.69, 9.17) is 0 Å². The van der Waals surface area contributed by atoms with Crippen molar-refractivity contribution < 1.29 is 0 Å². The first-order valence-electron chi connectivity index (χ1n) is 6.52. The monoisotopic (exact) mass is 255 g/mol. The minimum atomic E-state index is 0.962. The molecule has 4 aromatic rings. The van der Waals surface area contributed by atoms with Crippen molar-refractivity contribution in [2.45, 2.75) is 0 Å². The Morgan fingerprint density at radius 3 is 2.75 bits per heavy atom. The van der Waals surface area contributed by atoms with Gasteiger partial charge in [-0.2, -0.15) is 0 Å². The normalized spacial score (nSPS) is 11.0. The molecule has 4 rings (SSSR count). The summed E-state index contributed by atoms with van der Waals surface area (Å²) in [6.07, 6.45) is 5.60. The summed E-state index contributed by atoms with van der Waals surface area (Å²) < 4.78 is 0. The van der Waals surface area contributed by atoms with Gasteiger partial charge in [-0.25, -0.2) is 0 Å². The molecule has 0 spiro atoms. The highest BCUT2D eigenvalue weighted by molar-refractivity contribution is 6.03. The van der Waals surface area contributed by atoms with Crippen LogP contribution >= 0.6 is 0 Å². The van der Waals surface area contributed by atoms with E-state index in [9.17, 15) is 0 Å². The topological polar surface area (TPSA) is 25.8 Å². The van der Waals surface area contributed by atoms with Gasteiger partial charge in [-0.15, -0.1) is 0 Å². The summed E-state index contributed by atoms with van der Waals surface area (Å²) in [5, 5.41) is 4.48. The van der Waals surface area contributed by atoms with Gasteiger partial charge in [0.25, 0.3) is 0 Å². The zero-order valence-electron chi connectivity index (χ0n) is 10.7. The molecule has 0 bridgehead atoms. The molecule has 0 saturated heterocycles. The number of hydrogen-bond donors (Lipinski definition) is 0. The van der Waals surface area contributed by atoms with E-state index in [1.807, 2.05) is 48.9 Å². The standard InChI is InChI=1S/C18H11N2/c1-4-8-16-13(5-1)9-10-20-18(16)17-12-19-11-14-6-2-3-7-15(14)17/h1-4,6-12H. The molecule has 2 heterocycles. The van der Waals surface area contributed by atoms with Crippen LogP contribution in [-0.4, -0.2) is 9.97 Å². The molecule has 2 heteroatoms. The van der Waals surface area contributed by atoms with E-state index in [0.717, 1.165) is 27.4 Å². The maximum Gasteiger partial charge on any atom is 0.0802 e. The van der Waals surface area contributed by atoms with Gasteiger partial charge in [-0.3, -0.25) is 9.97 Å². The van der Waals surface area contributed by atoms with Crippen molar-refractivity contribution in [2.24, 2.45) is 0 Å². The van der Waals surface area contributed by atoms with Crippen LogP contribution in [0.3, 0.4) is 0 Å². The summed E-state index contributed by atoms with van der Waals surface area (Å²) in [5.74, 6) is 0. The molecule has 2 aromatic carbocycles. The zero-order chi connectivity index (χ0) is 13.4. The van der Waals surface area contributed by atoms with Crippen molar-refractivity contribution in [1.29, 1.82) is 0 Å². The molecule has 0 atom stereocenters. The van der Waals surface area contributed by atoms with Gasteiger partial charge < -0.3 is 0 Å². The number of rotatable bonds is 1. The van der Waals surface area contributed by atoms with Crippen molar-refractivity contribution >= 4 is 21.5 Å². The maximum atomic E-state index is 4.57. The minimum absolute atomic E-state index is 0.962. The van der Waals surface area contributed by atoms with Gasteiger partial charge in [0, 0.05) is 34.9 Å². The molecule has 0 unspecified atom stereocenters. The molecule has 20 heavy (non-hydrogen) atoms. The molecular weight excluding hydrogens is 244 g/mol. The smallest absolute Gasteiger partial charge is 0.0802 e. The van der Waals surface area contributed by atoms with Crippen LogP contribution in [0.1, 0.15) is 0 Å². The summed E-state index contributed by atoms with van der Waals surface area (Å²) in [5.41, 5.74) is 2.02. The third-order valence-corrected chi connectivity index (χ3v) is 3.51. The summed E-state index contributed by atoms with van der Waals surface area (Å²) in [7, 11) is 0. The predicted octanol–water partition coefficient (Wildman–Crippen LogP) is 4.25. The van der Waals surface area contributed by atoms with Crippen LogP contribution in [0.25, 0.3) is 32.8 Å². The summed E-state index contributed by atoms with van der Waals surface area (Å²) >= 11 is 0. The number of fused-ring (bicyclic) bond motifs is 2. The Bertz CT molecular complexity index is 825. The minimum Gasteiger partial charge on any atom is -0.263 e. The van der Waals surface area contributed by atoms with E-state index < -0.39 is 0 Å². The Kier molecular flexibility index (Phi) is 2.46. The Balaban J connectivity index is 2.12. The molecule has 93 valence electrons. The predicted molar refractivity (Wildman–Crippen MR) is 81.3 cm³/mol. The number of pyridine rings is 2. The molecule has 0 saturated carbocycles. The fourth-order valence-corrected chi connectivity index (χ4v) is 2.57. The lowest BCUT2D eigenvalue weighted by molar-refractivity contribution is 1.32. The van der Waals surface area contributed by atoms with Crippen molar-refractivity contribution in [3.05, 3.63) is 73.2 Å². The second kappa shape index (κ2) is 4.42. The van der Waals surface area contributed by atoms with Crippen molar-refractivity contribution in [3.63, 3.8) is 0 Å². The number of aromatic nitrogens is 2. The zero-order valence-corrected chi connectivity index (χ0v) is 10.7. The largest absolute Gasteiger partial charge is 0.263 e. The van der Waals surface area contributed by atoms with Gasteiger partial charge in [0.15, 0.2) is 0 Å². The summed E-state index contributed by atoms with van der Waals surface area (Å²) in [6, 6.07) is 19.5. The van der Waals surface area contributed by atoms with Gasteiger partial charge >= 0.3 is 0 Å². The van der Waals surface area contributed by atoms with E-state index >= 15 is 0 Å². The molecule has 2 nitrogen and oxygen atoms in total. The molecule has 0 aliphatic rings. The Labute approximate surface area is 116 Å². The summed E-state index contributed by atoms with van der Waals surface area (Å²) in [6.45, 7) is 0. The van der Waals surface area contributed by atoms with E-state index in [0.29, 0.717) is 0 Å². The quantitative estimate of drug-likeness (QED) is 0.508. The van der Waals surface area contributed by atoms with E-state index in [1.165, 1.54) is 5.39 Å². The third-order valence-electron chi connectivity index (χ3n) is 3.51. The van der Waals surface area contributed by atoms with Crippen molar-refractivity contribution in [2.75, 3.05) is 0 Å². The first kappa shape index (κ1) is 11.1. The van der Waals surface area contributed by atoms with Gasteiger partial charge in [-0.1, -0.05) is 42.5 Å². The van der Waals surface area contributed by atoms with E-state index in [1.54, 1.807) is 0 Å². The second-order valence-electron chi connectivity index (χ2n) is 4.70. The molecule has 0 N–H and O–H groups in total. The molecule has 2 aromatic heterocycles. The average Bonchev–Trinajstić information content (AvgIpc) is 2.54. The van der Waals surface area contributed by atoms with Crippen LogP contribution in [0.5, 0.6) is 0 Å². The lowest BCUT2D eigenvalue weighted by Gasteiger charge is -2.08. The van der Waals surface area contributed by atoms with Crippen molar-refractivity contribution in [1.82, 2.24) is 9.97 Å². The van der Waals surface area contributed by atoms with Crippen LogP contribution in [0, 0.1) is 6.07 Å². The fraction of sp³-hybridized carbons (Fsp3) is 0. The van der Waals surface area contributed by atoms with E-state index in [2.05, 4.69) is 34.2 Å². The SMILES string of the molecule is [c]1cccc2c(-c3cncc4ccccc34)nccc12. The maximum absolute atomic E-state index is 4.57. The van der Waals surface area contributed by atoms with Gasteiger partial charge in [-0.05, 0) is 22.9 Å². The molecule has 0 aliphatic heterocycles. The van der Waals surface area contributed by atoms with Gasteiger partial charge in [0.2, 0.25) is 0 Å².